The molecule has 1 aliphatic heterocycles. The van der Waals surface area contributed by atoms with Gasteiger partial charge in [0.25, 0.3) is 10.0 Å². The molecule has 0 radical (unpaired) electrons. The molecule has 5 rings (SSSR count). The average Bonchev–Trinajstić information content (AvgIpc) is 3.04. The van der Waals surface area contributed by atoms with Gasteiger partial charge in [-0.05, 0) is 89.6 Å². The lowest BCUT2D eigenvalue weighted by Crippen LogP contribution is -2.46. The topological polar surface area (TPSA) is 144 Å². The Balaban J connectivity index is 1.27. The van der Waals surface area contributed by atoms with E-state index < -0.39 is 30.5 Å². The van der Waals surface area contributed by atoms with Gasteiger partial charge in [0, 0.05) is 24.8 Å². The third kappa shape index (κ3) is 8.34. The van der Waals surface area contributed by atoms with Crippen LogP contribution in [0.1, 0.15) is 44.4 Å². The van der Waals surface area contributed by atoms with Gasteiger partial charge < -0.3 is 19.2 Å². The number of benzene rings is 2. The molecule has 4 aromatic rings. The monoisotopic (exact) mass is 675 g/mol. The molecule has 13 heteroatoms. The minimum absolute atomic E-state index is 0.00355. The minimum Gasteiger partial charge on any atom is -0.488 e. The van der Waals surface area contributed by atoms with Crippen LogP contribution in [0.15, 0.2) is 90.3 Å². The van der Waals surface area contributed by atoms with Crippen LogP contribution in [0.4, 0.5) is 10.7 Å². The normalized spacial score (nSPS) is 15.6. The van der Waals surface area contributed by atoms with Crippen molar-refractivity contribution in [3.05, 3.63) is 96.6 Å². The van der Waals surface area contributed by atoms with Crippen LogP contribution in [-0.4, -0.2) is 67.0 Å². The third-order valence-corrected chi connectivity index (χ3v) is 14.6. The molecule has 1 amide bonds. The lowest BCUT2D eigenvalue weighted by molar-refractivity contribution is 0.0688. The highest BCUT2D eigenvalue weighted by Crippen LogP contribution is 2.40. The van der Waals surface area contributed by atoms with Gasteiger partial charge in [-0.15, -0.1) is 0 Å². The van der Waals surface area contributed by atoms with E-state index in [0.717, 1.165) is 22.3 Å². The molecule has 47 heavy (non-hydrogen) atoms. The van der Waals surface area contributed by atoms with Crippen LogP contribution < -0.4 is 9.46 Å². The smallest absolute Gasteiger partial charge is 0.407 e. The van der Waals surface area contributed by atoms with Crippen LogP contribution in [-0.2, 0) is 20.9 Å². The van der Waals surface area contributed by atoms with E-state index in [4.69, 9.17) is 9.16 Å². The van der Waals surface area contributed by atoms with Crippen LogP contribution in [0.3, 0.4) is 0 Å². The molecule has 2 aromatic heterocycles. The van der Waals surface area contributed by atoms with Gasteiger partial charge in [0.1, 0.15) is 11.9 Å². The van der Waals surface area contributed by atoms with Crippen molar-refractivity contribution in [2.24, 2.45) is 0 Å². The van der Waals surface area contributed by atoms with Gasteiger partial charge in [-0.25, -0.2) is 27.9 Å². The molecule has 0 bridgehead atoms. The van der Waals surface area contributed by atoms with Gasteiger partial charge in [-0.1, -0.05) is 45.0 Å². The number of pyridine rings is 1. The van der Waals surface area contributed by atoms with Crippen molar-refractivity contribution in [2.45, 2.75) is 68.8 Å². The highest BCUT2D eigenvalue weighted by Gasteiger charge is 2.40. The lowest BCUT2D eigenvalue weighted by atomic mass is 9.97. The molecule has 0 aliphatic carbocycles. The first-order valence-electron chi connectivity index (χ1n) is 15.5. The third-order valence-electron chi connectivity index (χ3n) is 8.76. The molecule has 0 saturated carbocycles. The number of carboxylic acid groups (broad SMARTS) is 1. The van der Waals surface area contributed by atoms with Crippen LogP contribution >= 0.6 is 0 Å². The van der Waals surface area contributed by atoms with Gasteiger partial charge in [-0.3, -0.25) is 4.98 Å². The highest BCUT2D eigenvalue weighted by molar-refractivity contribution is 7.92. The Morgan fingerprint density at radius 2 is 1.77 bits per heavy atom. The summed E-state index contributed by atoms with van der Waals surface area (Å²) in [5, 5.41) is 10.2. The Bertz CT molecular complexity index is 1790. The number of ether oxygens (including phenoxy) is 1. The maximum Gasteiger partial charge on any atom is 0.407 e. The zero-order valence-electron chi connectivity index (χ0n) is 27.3. The van der Waals surface area contributed by atoms with E-state index in [0.29, 0.717) is 18.6 Å². The molecule has 1 aliphatic rings. The number of amides is 1. The van der Waals surface area contributed by atoms with E-state index >= 15 is 0 Å². The summed E-state index contributed by atoms with van der Waals surface area (Å²) < 4.78 is 41.0. The summed E-state index contributed by atoms with van der Waals surface area (Å²) in [4.78, 5) is 26.1. The van der Waals surface area contributed by atoms with Crippen LogP contribution in [0.5, 0.6) is 5.75 Å². The lowest BCUT2D eigenvalue weighted by Gasteiger charge is -2.40. The van der Waals surface area contributed by atoms with E-state index in [1.165, 1.54) is 17.3 Å². The Hall–Kier alpha value is -4.33. The van der Waals surface area contributed by atoms with Crippen molar-refractivity contribution in [1.82, 2.24) is 19.9 Å². The first-order chi connectivity index (χ1) is 22.2. The number of hydrogen-bond donors (Lipinski definition) is 2. The predicted octanol–water partition coefficient (Wildman–Crippen LogP) is 6.78. The number of hydrogen-bond acceptors (Lipinski definition) is 8. The summed E-state index contributed by atoms with van der Waals surface area (Å²) in [6.07, 6.45) is 5.91. The summed E-state index contributed by atoms with van der Waals surface area (Å²) in [7, 11) is -6.07. The Labute approximate surface area is 277 Å². The van der Waals surface area contributed by atoms with Crippen molar-refractivity contribution in [2.75, 3.05) is 17.8 Å². The molecule has 2 N–H and O–H groups in total. The molecule has 1 unspecified atom stereocenters. The second kappa shape index (κ2) is 13.8. The molecule has 0 saturated heterocycles. The highest BCUT2D eigenvalue weighted by atomic mass is 32.2. The van der Waals surface area contributed by atoms with Crippen LogP contribution in [0, 0.1) is 0 Å². The maximum absolute atomic E-state index is 12.8. The molecule has 2 atom stereocenters. The SMILES string of the molecule is CC(C)(C)[Si](C)(C)OC(CN(C[C@H]1CCc2cc(-c3ccc(S(=O)(=O)Nc4ncccn4)cc3)ccc2O1)C(=O)O)c1cccnc1. The number of aromatic nitrogens is 3. The maximum atomic E-state index is 12.8. The molecule has 2 aromatic carbocycles. The molecule has 0 fully saturated rings. The van der Waals surface area contributed by atoms with E-state index in [-0.39, 0.29) is 35.1 Å². The summed E-state index contributed by atoms with van der Waals surface area (Å²) in [5.74, 6) is 0.715. The summed E-state index contributed by atoms with van der Waals surface area (Å²) in [6, 6.07) is 17.8. The summed E-state index contributed by atoms with van der Waals surface area (Å²) >= 11 is 0. The van der Waals surface area contributed by atoms with Gasteiger partial charge in [0.2, 0.25) is 5.95 Å². The quantitative estimate of drug-likeness (QED) is 0.165. The van der Waals surface area contributed by atoms with Gasteiger partial charge in [0.05, 0.1) is 24.1 Å². The number of carbonyl (C=O) groups is 1. The van der Waals surface area contributed by atoms with Crippen molar-refractivity contribution < 1.29 is 27.5 Å². The predicted molar refractivity (Wildman–Crippen MR) is 182 cm³/mol. The molecule has 11 nitrogen and oxygen atoms in total. The second-order valence-electron chi connectivity index (χ2n) is 13.1. The Kier molecular flexibility index (Phi) is 9.99. The van der Waals surface area contributed by atoms with E-state index in [9.17, 15) is 18.3 Å². The number of nitrogens with zero attached hydrogens (tertiary/aromatic N) is 4. The van der Waals surface area contributed by atoms with Gasteiger partial charge >= 0.3 is 6.09 Å². The Morgan fingerprint density at radius 3 is 2.40 bits per heavy atom. The van der Waals surface area contributed by atoms with Crippen molar-refractivity contribution >= 4 is 30.4 Å². The second-order valence-corrected chi connectivity index (χ2v) is 19.6. The molecule has 248 valence electrons. The average molecular weight is 676 g/mol. The Morgan fingerprint density at radius 1 is 1.06 bits per heavy atom. The number of aryl methyl sites for hydroxylation is 1. The van der Waals surface area contributed by atoms with Crippen LogP contribution in [0.2, 0.25) is 18.1 Å². The summed E-state index contributed by atoms with van der Waals surface area (Å²) in [5.41, 5.74) is 3.63. The first-order valence-corrected chi connectivity index (χ1v) is 19.9. The number of anilines is 1. The van der Waals surface area contributed by atoms with Crippen LogP contribution in [0.25, 0.3) is 11.1 Å². The zero-order valence-corrected chi connectivity index (χ0v) is 29.1. The fourth-order valence-electron chi connectivity index (χ4n) is 5.10. The fraction of sp³-hybridized carbons (Fsp3) is 0.353. The largest absolute Gasteiger partial charge is 0.488 e. The number of rotatable bonds is 11. The minimum atomic E-state index is -3.84. The number of fused-ring (bicyclic) bond motifs is 1. The molecular weight excluding hydrogens is 635 g/mol. The van der Waals surface area contributed by atoms with Crippen molar-refractivity contribution in [3.8, 4) is 16.9 Å². The van der Waals surface area contributed by atoms with E-state index in [1.54, 1.807) is 42.7 Å². The van der Waals surface area contributed by atoms with Gasteiger partial charge in [0.15, 0.2) is 8.32 Å². The van der Waals surface area contributed by atoms with Crippen molar-refractivity contribution in [1.29, 1.82) is 0 Å². The molecular formula is C34H41N5O6SSi. The van der Waals surface area contributed by atoms with E-state index in [1.807, 2.05) is 30.3 Å². The van der Waals surface area contributed by atoms with Crippen molar-refractivity contribution in [3.63, 3.8) is 0 Å². The molecule has 3 heterocycles. The number of nitrogens with one attached hydrogen (secondary N) is 1. The fourth-order valence-corrected chi connectivity index (χ4v) is 7.33. The zero-order chi connectivity index (χ0) is 33.8. The number of sulfonamides is 1. The molecule has 0 spiro atoms. The standard InChI is InChI=1S/C34H41N5O6SSi/c1-34(2,3)47(4,5)45-31(27-8-6-17-35-21-27)23-39(33(40)41)22-28-13-9-26-20-25(12-16-30(26)44-28)24-10-14-29(15-11-24)46(42,43)38-32-36-18-7-19-37-32/h6-8,10-12,14-21,28,31H,9,13,22-23H2,1-5H3,(H,40,41)(H,36,37,38)/t28-,31?/m1/s1. The first kappa shape index (κ1) is 34.0. The van der Waals surface area contributed by atoms with E-state index in [2.05, 4.69) is 53.5 Å². The van der Waals surface area contributed by atoms with Gasteiger partial charge in [-0.2, -0.15) is 0 Å². The summed E-state index contributed by atoms with van der Waals surface area (Å²) in [6.45, 7) is 11.2.